The predicted octanol–water partition coefficient (Wildman–Crippen LogP) is 3.79. The molecular weight excluding hydrogens is 356 g/mol. The Kier molecular flexibility index (Phi) is 5.78. The number of benzene rings is 2. The molecule has 1 aliphatic rings. The highest BCUT2D eigenvalue weighted by Gasteiger charge is 2.19. The van der Waals surface area contributed by atoms with Crippen LogP contribution in [0.2, 0.25) is 0 Å². The molecule has 0 unspecified atom stereocenters. The van der Waals surface area contributed by atoms with Crippen molar-refractivity contribution in [3.05, 3.63) is 47.0 Å². The van der Waals surface area contributed by atoms with Crippen LogP contribution in [-0.4, -0.2) is 40.2 Å². The first-order valence-corrected chi connectivity index (χ1v) is 9.24. The highest BCUT2D eigenvalue weighted by atomic mass is 16.6. The van der Waals surface area contributed by atoms with Gasteiger partial charge in [0.1, 0.15) is 13.2 Å². The van der Waals surface area contributed by atoms with Gasteiger partial charge >= 0.3 is 0 Å². The number of fused-ring (bicyclic) bond motifs is 1. The van der Waals surface area contributed by atoms with E-state index in [9.17, 15) is 4.79 Å². The Labute approximate surface area is 165 Å². The van der Waals surface area contributed by atoms with E-state index in [-0.39, 0.29) is 5.78 Å². The number of allylic oxidation sites excluding steroid dienone is 1. The third-order valence-electron chi connectivity index (χ3n) is 4.64. The quantitative estimate of drug-likeness (QED) is 0.465. The molecule has 0 bridgehead atoms. The second kappa shape index (κ2) is 8.25. The van der Waals surface area contributed by atoms with Gasteiger partial charge in [0.25, 0.3) is 0 Å². The molecule has 3 rings (SSSR count). The molecule has 0 saturated carbocycles. The van der Waals surface area contributed by atoms with Gasteiger partial charge in [0, 0.05) is 25.2 Å². The highest BCUT2D eigenvalue weighted by molar-refractivity contribution is 6.12. The molecule has 2 aromatic carbocycles. The smallest absolute Gasteiger partial charge is 0.203 e. The zero-order valence-electron chi connectivity index (χ0n) is 16.7. The van der Waals surface area contributed by atoms with E-state index in [1.165, 1.54) is 0 Å². The van der Waals surface area contributed by atoms with Gasteiger partial charge in [-0.25, -0.2) is 0 Å². The number of ether oxygens (including phenoxy) is 3. The summed E-state index contributed by atoms with van der Waals surface area (Å²) in [6.45, 7) is 2.94. The zero-order valence-corrected chi connectivity index (χ0v) is 16.7. The molecule has 0 atom stereocenters. The third kappa shape index (κ3) is 3.91. The van der Waals surface area contributed by atoms with E-state index in [4.69, 9.17) is 19.9 Å². The molecule has 2 N–H and O–H groups in total. The summed E-state index contributed by atoms with van der Waals surface area (Å²) in [7, 11) is 5.39. The Morgan fingerprint density at radius 2 is 1.96 bits per heavy atom. The lowest BCUT2D eigenvalue weighted by Crippen LogP contribution is -2.16. The summed E-state index contributed by atoms with van der Waals surface area (Å²) in [6, 6.07) is 9.08. The van der Waals surface area contributed by atoms with Crippen LogP contribution < -0.4 is 24.8 Å². The molecule has 148 valence electrons. The fraction of sp³-hybridized carbons (Fsp3) is 0.318. The normalized spacial score (nSPS) is 13.2. The molecule has 6 heteroatoms. The number of carbonyl (C=O) groups is 1. The van der Waals surface area contributed by atoms with Crippen molar-refractivity contribution in [1.29, 1.82) is 0 Å². The number of nitrogen functional groups attached to an aromatic ring is 1. The lowest BCUT2D eigenvalue weighted by Gasteiger charge is -2.21. The average Bonchev–Trinajstić information content (AvgIpc) is 2.71. The lowest BCUT2D eigenvalue weighted by molar-refractivity contribution is 0.103. The number of hydrogen-bond acceptors (Lipinski definition) is 6. The number of nitrogens with zero attached hydrogens (tertiary/aromatic N) is 1. The van der Waals surface area contributed by atoms with Gasteiger partial charge in [0.2, 0.25) is 5.75 Å². The van der Waals surface area contributed by atoms with E-state index in [1.54, 1.807) is 19.2 Å². The van der Waals surface area contributed by atoms with Gasteiger partial charge in [-0.05, 0) is 48.4 Å². The van der Waals surface area contributed by atoms with E-state index in [2.05, 4.69) is 0 Å². The number of anilines is 2. The first kappa shape index (κ1) is 19.6. The Hall–Kier alpha value is -3.15. The fourth-order valence-electron chi connectivity index (χ4n) is 3.16. The highest BCUT2D eigenvalue weighted by Crippen LogP contribution is 2.41. The van der Waals surface area contributed by atoms with Crippen molar-refractivity contribution in [3.8, 4) is 17.2 Å². The first-order chi connectivity index (χ1) is 13.4. The minimum atomic E-state index is -0.0283. The molecule has 0 radical (unpaired) electrons. The van der Waals surface area contributed by atoms with Crippen molar-refractivity contribution >= 4 is 23.2 Å². The SMILES string of the molecule is CCC(=Cc1cc(OC)c2c(c1)OCCO2)C(=O)c1ccc(N)c(N(C)C)c1. The number of methoxy groups -OCH3 is 1. The minimum absolute atomic E-state index is 0.0283. The van der Waals surface area contributed by atoms with Crippen LogP contribution in [0.5, 0.6) is 17.2 Å². The van der Waals surface area contributed by atoms with E-state index in [1.807, 2.05) is 50.2 Å². The van der Waals surface area contributed by atoms with E-state index >= 15 is 0 Å². The first-order valence-electron chi connectivity index (χ1n) is 9.24. The van der Waals surface area contributed by atoms with Crippen LogP contribution in [-0.2, 0) is 0 Å². The van der Waals surface area contributed by atoms with Crippen LogP contribution in [0.1, 0.15) is 29.3 Å². The molecular formula is C22H26N2O4. The van der Waals surface area contributed by atoms with Crippen molar-refractivity contribution in [2.45, 2.75) is 13.3 Å². The van der Waals surface area contributed by atoms with Crippen LogP contribution in [0, 0.1) is 0 Å². The predicted molar refractivity (Wildman–Crippen MR) is 112 cm³/mol. The molecule has 28 heavy (non-hydrogen) atoms. The van der Waals surface area contributed by atoms with E-state index < -0.39 is 0 Å². The number of nitrogens with two attached hydrogens (primary N) is 1. The summed E-state index contributed by atoms with van der Waals surface area (Å²) in [6.07, 6.45) is 2.46. The van der Waals surface area contributed by atoms with Crippen LogP contribution in [0.3, 0.4) is 0 Å². The number of hydrogen-bond donors (Lipinski definition) is 1. The third-order valence-corrected chi connectivity index (χ3v) is 4.64. The molecule has 2 aromatic rings. The van der Waals surface area contributed by atoms with Crippen molar-refractivity contribution < 1.29 is 19.0 Å². The molecule has 0 spiro atoms. The Morgan fingerprint density at radius 3 is 2.64 bits per heavy atom. The topological polar surface area (TPSA) is 74.0 Å². The number of ketones is 1. The largest absolute Gasteiger partial charge is 0.493 e. The minimum Gasteiger partial charge on any atom is -0.493 e. The molecule has 0 saturated heterocycles. The lowest BCUT2D eigenvalue weighted by atomic mass is 9.98. The van der Waals surface area contributed by atoms with Gasteiger partial charge in [-0.15, -0.1) is 0 Å². The van der Waals surface area contributed by atoms with Gasteiger partial charge in [-0.1, -0.05) is 6.92 Å². The Bertz CT molecular complexity index is 902. The zero-order chi connectivity index (χ0) is 20.3. The average molecular weight is 382 g/mol. The van der Waals surface area contributed by atoms with Gasteiger partial charge in [-0.2, -0.15) is 0 Å². The van der Waals surface area contributed by atoms with Gasteiger partial charge in [0.05, 0.1) is 18.5 Å². The van der Waals surface area contributed by atoms with Crippen LogP contribution in [0.25, 0.3) is 6.08 Å². The van der Waals surface area contributed by atoms with Crippen molar-refractivity contribution in [2.75, 3.05) is 45.1 Å². The Balaban J connectivity index is 1.98. The molecule has 0 aliphatic carbocycles. The summed E-state index contributed by atoms with van der Waals surface area (Å²) in [5.74, 6) is 1.79. The summed E-state index contributed by atoms with van der Waals surface area (Å²) < 4.78 is 16.8. The van der Waals surface area contributed by atoms with E-state index in [0.29, 0.717) is 53.7 Å². The molecule has 0 aromatic heterocycles. The summed E-state index contributed by atoms with van der Waals surface area (Å²) >= 11 is 0. The number of rotatable bonds is 6. The van der Waals surface area contributed by atoms with Crippen molar-refractivity contribution in [2.24, 2.45) is 0 Å². The maximum Gasteiger partial charge on any atom is 0.203 e. The maximum atomic E-state index is 13.1. The van der Waals surface area contributed by atoms with Gasteiger partial charge < -0.3 is 24.8 Å². The van der Waals surface area contributed by atoms with Crippen molar-refractivity contribution in [3.63, 3.8) is 0 Å². The molecule has 1 aliphatic heterocycles. The maximum absolute atomic E-state index is 13.1. The van der Waals surface area contributed by atoms with Crippen LogP contribution >= 0.6 is 0 Å². The molecule has 0 amide bonds. The summed E-state index contributed by atoms with van der Waals surface area (Å²) in [5.41, 5.74) is 9.60. The molecule has 6 nitrogen and oxygen atoms in total. The second-order valence-corrected chi connectivity index (χ2v) is 6.77. The number of Topliss-reactive ketones (excluding diaryl/α,β-unsaturated/α-hetero) is 1. The second-order valence-electron chi connectivity index (χ2n) is 6.77. The van der Waals surface area contributed by atoms with Crippen LogP contribution in [0.4, 0.5) is 11.4 Å². The monoisotopic (exact) mass is 382 g/mol. The molecule has 0 fully saturated rings. The van der Waals surface area contributed by atoms with Gasteiger partial charge in [-0.3, -0.25) is 4.79 Å². The van der Waals surface area contributed by atoms with Gasteiger partial charge in [0.15, 0.2) is 17.3 Å². The standard InChI is InChI=1S/C22H26N2O4/c1-5-15(21(25)16-6-7-17(23)18(13-16)24(2)3)10-14-11-19(26-4)22-20(12-14)27-8-9-28-22/h6-7,10-13H,5,8-9,23H2,1-4H3. The molecule has 1 heterocycles. The number of carbonyl (C=O) groups excluding carboxylic acids is 1. The fourth-order valence-corrected chi connectivity index (χ4v) is 3.16. The van der Waals surface area contributed by atoms with Crippen molar-refractivity contribution in [1.82, 2.24) is 0 Å². The summed E-state index contributed by atoms with van der Waals surface area (Å²) in [5, 5.41) is 0. The van der Waals surface area contributed by atoms with Crippen LogP contribution in [0.15, 0.2) is 35.9 Å². The van der Waals surface area contributed by atoms with E-state index in [0.717, 1.165) is 11.3 Å². The summed E-state index contributed by atoms with van der Waals surface area (Å²) in [4.78, 5) is 15.0. The Morgan fingerprint density at radius 1 is 1.21 bits per heavy atom.